The van der Waals surface area contributed by atoms with E-state index in [0.717, 1.165) is 55.3 Å². The van der Waals surface area contributed by atoms with Crippen LogP contribution in [0, 0.1) is 0 Å². The van der Waals surface area contributed by atoms with E-state index in [1.165, 1.54) is 0 Å². The second kappa shape index (κ2) is 6.59. The van der Waals surface area contributed by atoms with Crippen LogP contribution in [0.5, 0.6) is 0 Å². The molecule has 0 aliphatic heterocycles. The summed E-state index contributed by atoms with van der Waals surface area (Å²) in [5.74, 6) is 1.38. The fraction of sp³-hybridized carbons (Fsp3) is 0.714. The topological polar surface area (TPSA) is 38.9 Å². The molecule has 0 aliphatic rings. The second-order valence-electron chi connectivity index (χ2n) is 4.94. The van der Waals surface area contributed by atoms with Crippen molar-refractivity contribution in [2.45, 2.75) is 39.6 Å². The maximum absolute atomic E-state index is 6.06. The Morgan fingerprint density at radius 3 is 2.45 bits per heavy atom. The molecule has 2 rings (SSSR count). The van der Waals surface area contributed by atoms with Crippen LogP contribution in [0.4, 0.5) is 0 Å². The predicted octanol–water partition coefficient (Wildman–Crippen LogP) is 2.41. The van der Waals surface area contributed by atoms with Gasteiger partial charge in [-0.1, -0.05) is 20.8 Å². The van der Waals surface area contributed by atoms with Crippen LogP contribution in [0.1, 0.15) is 32.3 Å². The Morgan fingerprint density at radius 1 is 1.20 bits per heavy atom. The zero-order valence-corrected chi connectivity index (χ0v) is 13.6. The van der Waals surface area contributed by atoms with Gasteiger partial charge in [-0.2, -0.15) is 5.10 Å². The molecule has 5 nitrogen and oxygen atoms in total. The third-order valence-electron chi connectivity index (χ3n) is 3.86. The lowest BCUT2D eigenvalue weighted by Gasteiger charge is -2.19. The minimum Gasteiger partial charge on any atom is -0.311 e. The summed E-state index contributed by atoms with van der Waals surface area (Å²) in [7, 11) is 1.98. The highest BCUT2D eigenvalue weighted by atomic mass is 35.5. The van der Waals surface area contributed by atoms with E-state index in [1.807, 2.05) is 11.7 Å². The second-order valence-corrected chi connectivity index (χ2v) is 5.20. The molecule has 0 unspecified atom stereocenters. The number of hydrogen-bond donors (Lipinski definition) is 0. The van der Waals surface area contributed by atoms with Gasteiger partial charge in [0.25, 0.3) is 0 Å². The van der Waals surface area contributed by atoms with Gasteiger partial charge in [0, 0.05) is 20.1 Å². The van der Waals surface area contributed by atoms with Crippen LogP contribution >= 0.6 is 11.6 Å². The Kier molecular flexibility index (Phi) is 5.05. The molecule has 0 atom stereocenters. The molecule has 0 saturated heterocycles. The summed E-state index contributed by atoms with van der Waals surface area (Å²) in [6.07, 6.45) is 0.895. The molecular formula is C14H24ClN5. The Morgan fingerprint density at radius 2 is 1.90 bits per heavy atom. The third kappa shape index (κ3) is 2.69. The molecule has 20 heavy (non-hydrogen) atoms. The first-order chi connectivity index (χ1) is 9.65. The summed E-state index contributed by atoms with van der Waals surface area (Å²) in [5.41, 5.74) is 3.14. The number of aryl methyl sites for hydroxylation is 2. The van der Waals surface area contributed by atoms with Gasteiger partial charge in [0.05, 0.1) is 11.6 Å². The molecule has 0 fully saturated rings. The Labute approximate surface area is 125 Å². The van der Waals surface area contributed by atoms with Crippen LogP contribution in [-0.2, 0) is 25.9 Å². The summed E-state index contributed by atoms with van der Waals surface area (Å²) in [6, 6.07) is 0. The van der Waals surface area contributed by atoms with Gasteiger partial charge >= 0.3 is 0 Å². The molecule has 2 aromatic rings. The third-order valence-corrected chi connectivity index (χ3v) is 4.10. The van der Waals surface area contributed by atoms with Gasteiger partial charge in [-0.15, -0.1) is 11.6 Å². The SMILES string of the molecule is CCc1nn(C)c2c1nc(CCl)n2CCN(CC)CC. The van der Waals surface area contributed by atoms with Crippen LogP contribution in [0.3, 0.4) is 0 Å². The summed E-state index contributed by atoms with van der Waals surface area (Å²) < 4.78 is 4.15. The smallest absolute Gasteiger partial charge is 0.158 e. The summed E-state index contributed by atoms with van der Waals surface area (Å²) in [5, 5.41) is 4.55. The quantitative estimate of drug-likeness (QED) is 0.737. The number of hydrogen-bond acceptors (Lipinski definition) is 3. The van der Waals surface area contributed by atoms with Crippen molar-refractivity contribution in [1.29, 1.82) is 0 Å². The fourth-order valence-electron chi connectivity index (χ4n) is 2.64. The van der Waals surface area contributed by atoms with E-state index >= 15 is 0 Å². The van der Waals surface area contributed by atoms with Gasteiger partial charge in [-0.25, -0.2) is 4.98 Å². The molecule has 0 N–H and O–H groups in total. The number of aromatic nitrogens is 4. The Bertz CT molecular complexity index is 568. The molecule has 0 aliphatic carbocycles. The summed E-state index contributed by atoms with van der Waals surface area (Å²) in [6.45, 7) is 10.5. The van der Waals surface area contributed by atoms with Crippen LogP contribution < -0.4 is 0 Å². The lowest BCUT2D eigenvalue weighted by atomic mass is 10.3. The number of halogens is 1. The molecule has 2 heterocycles. The van der Waals surface area contributed by atoms with Crippen molar-refractivity contribution >= 4 is 22.8 Å². The molecular weight excluding hydrogens is 274 g/mol. The van der Waals surface area contributed by atoms with E-state index < -0.39 is 0 Å². The number of nitrogens with zero attached hydrogens (tertiary/aromatic N) is 5. The monoisotopic (exact) mass is 297 g/mol. The van der Waals surface area contributed by atoms with Crippen molar-refractivity contribution in [3.05, 3.63) is 11.5 Å². The first-order valence-electron chi connectivity index (χ1n) is 7.35. The highest BCUT2D eigenvalue weighted by molar-refractivity contribution is 6.16. The lowest BCUT2D eigenvalue weighted by molar-refractivity contribution is 0.290. The van der Waals surface area contributed by atoms with E-state index in [-0.39, 0.29) is 0 Å². The average Bonchev–Trinajstić information content (AvgIpc) is 2.98. The van der Waals surface area contributed by atoms with Crippen molar-refractivity contribution in [2.75, 3.05) is 19.6 Å². The number of rotatable bonds is 7. The fourth-order valence-corrected chi connectivity index (χ4v) is 2.85. The first kappa shape index (κ1) is 15.3. The van der Waals surface area contributed by atoms with Crippen molar-refractivity contribution in [1.82, 2.24) is 24.2 Å². The van der Waals surface area contributed by atoms with Gasteiger partial charge in [0.15, 0.2) is 5.65 Å². The molecule has 0 amide bonds. The van der Waals surface area contributed by atoms with Crippen LogP contribution in [-0.4, -0.2) is 43.9 Å². The van der Waals surface area contributed by atoms with Crippen molar-refractivity contribution in [3.63, 3.8) is 0 Å². The zero-order chi connectivity index (χ0) is 14.7. The predicted molar refractivity (Wildman–Crippen MR) is 83.2 cm³/mol. The van der Waals surface area contributed by atoms with Gasteiger partial charge in [-0.3, -0.25) is 4.68 Å². The van der Waals surface area contributed by atoms with Crippen LogP contribution in [0.25, 0.3) is 11.2 Å². The lowest BCUT2D eigenvalue weighted by Crippen LogP contribution is -2.27. The van der Waals surface area contributed by atoms with Crippen molar-refractivity contribution < 1.29 is 0 Å². The van der Waals surface area contributed by atoms with E-state index in [4.69, 9.17) is 11.6 Å². The maximum Gasteiger partial charge on any atom is 0.158 e. The maximum atomic E-state index is 6.06. The zero-order valence-electron chi connectivity index (χ0n) is 12.9. The largest absolute Gasteiger partial charge is 0.311 e. The molecule has 0 bridgehead atoms. The van der Waals surface area contributed by atoms with Gasteiger partial charge in [0.2, 0.25) is 0 Å². The van der Waals surface area contributed by atoms with E-state index in [9.17, 15) is 0 Å². The standard InChI is InChI=1S/C14H24ClN5/c1-5-11-13-14(18(4)17-11)20(12(10-15)16-13)9-8-19(6-2)7-3/h5-10H2,1-4H3. The Balaban J connectivity index is 2.37. The molecule has 0 radical (unpaired) electrons. The van der Waals surface area contributed by atoms with Crippen molar-refractivity contribution in [3.8, 4) is 0 Å². The molecule has 112 valence electrons. The first-order valence-corrected chi connectivity index (χ1v) is 7.88. The number of likely N-dealkylation sites (N-methyl/N-ethyl adjacent to an activating group) is 1. The molecule has 0 spiro atoms. The molecule has 2 aromatic heterocycles. The molecule has 6 heteroatoms. The average molecular weight is 298 g/mol. The number of fused-ring (bicyclic) bond motifs is 1. The number of imidazole rings is 1. The van der Waals surface area contributed by atoms with E-state index in [2.05, 4.69) is 40.3 Å². The number of alkyl halides is 1. The van der Waals surface area contributed by atoms with Gasteiger partial charge in [0.1, 0.15) is 11.3 Å². The highest BCUT2D eigenvalue weighted by Crippen LogP contribution is 2.21. The summed E-state index contributed by atoms with van der Waals surface area (Å²) in [4.78, 5) is 7.09. The molecule has 0 saturated carbocycles. The summed E-state index contributed by atoms with van der Waals surface area (Å²) >= 11 is 6.06. The van der Waals surface area contributed by atoms with Gasteiger partial charge in [-0.05, 0) is 19.5 Å². The van der Waals surface area contributed by atoms with E-state index in [0.29, 0.717) is 5.88 Å². The highest BCUT2D eigenvalue weighted by Gasteiger charge is 2.18. The van der Waals surface area contributed by atoms with E-state index in [1.54, 1.807) is 0 Å². The van der Waals surface area contributed by atoms with Gasteiger partial charge < -0.3 is 9.47 Å². The normalized spacial score (nSPS) is 11.9. The Hall–Kier alpha value is -1.07. The minimum atomic E-state index is 0.441. The van der Waals surface area contributed by atoms with Crippen LogP contribution in [0.15, 0.2) is 0 Å². The minimum absolute atomic E-state index is 0.441. The molecule has 0 aromatic carbocycles. The van der Waals surface area contributed by atoms with Crippen molar-refractivity contribution in [2.24, 2.45) is 7.05 Å². The van der Waals surface area contributed by atoms with Crippen LogP contribution in [0.2, 0.25) is 0 Å².